The summed E-state index contributed by atoms with van der Waals surface area (Å²) in [5, 5.41) is 21.9. The molecule has 8 heteroatoms. The number of imidazole rings is 1. The average Bonchev–Trinajstić information content (AvgIpc) is 3.22. The molecule has 0 aliphatic carbocycles. The molecule has 37 heavy (non-hydrogen) atoms. The van der Waals surface area contributed by atoms with Crippen LogP contribution in [0.5, 0.6) is 5.75 Å². The number of carbonyl (C=O) groups excluding carboxylic acids is 1. The van der Waals surface area contributed by atoms with Crippen LogP contribution in [-0.2, 0) is 18.9 Å². The van der Waals surface area contributed by atoms with Gasteiger partial charge in [-0.2, -0.15) is 5.26 Å². The van der Waals surface area contributed by atoms with E-state index in [9.17, 15) is 15.2 Å². The monoisotopic (exact) mass is 506 g/mol. The molecule has 2 N–H and O–H groups in total. The zero-order chi connectivity index (χ0) is 27.3. The fraction of sp³-hybridized carbons (Fsp3) is 0.414. The van der Waals surface area contributed by atoms with Crippen molar-refractivity contribution in [2.24, 2.45) is 7.05 Å². The molecule has 1 atom stereocenters. The summed E-state index contributed by atoms with van der Waals surface area (Å²) in [6.07, 6.45) is 2.23. The second-order valence-electron chi connectivity index (χ2n) is 10.5. The summed E-state index contributed by atoms with van der Waals surface area (Å²) < 4.78 is 22.7. The van der Waals surface area contributed by atoms with Gasteiger partial charge in [0.2, 0.25) is 0 Å². The van der Waals surface area contributed by atoms with Crippen LogP contribution >= 0.6 is 0 Å². The van der Waals surface area contributed by atoms with E-state index in [-0.39, 0.29) is 42.1 Å². The zero-order valence-corrected chi connectivity index (χ0v) is 22.3. The van der Waals surface area contributed by atoms with Crippen molar-refractivity contribution in [3.05, 3.63) is 70.9 Å². The average molecular weight is 507 g/mol. The van der Waals surface area contributed by atoms with Gasteiger partial charge in [-0.15, -0.1) is 0 Å². The summed E-state index contributed by atoms with van der Waals surface area (Å²) in [6, 6.07) is 11.2. The van der Waals surface area contributed by atoms with Gasteiger partial charge in [0.15, 0.2) is 0 Å². The third-order valence-corrected chi connectivity index (χ3v) is 5.90. The topological polar surface area (TPSA) is 100 Å². The highest BCUT2D eigenvalue weighted by Crippen LogP contribution is 2.27. The van der Waals surface area contributed by atoms with E-state index < -0.39 is 17.8 Å². The maximum Gasteiger partial charge on any atom is 0.251 e. The highest BCUT2D eigenvalue weighted by molar-refractivity contribution is 5.95. The minimum absolute atomic E-state index is 0.111. The fourth-order valence-corrected chi connectivity index (χ4v) is 4.21. The van der Waals surface area contributed by atoms with Crippen LogP contribution in [0.4, 0.5) is 4.39 Å². The summed E-state index contributed by atoms with van der Waals surface area (Å²) in [5.74, 6) is 0.498. The number of rotatable bonds is 9. The number of hydrogen-bond acceptors (Lipinski definition) is 5. The number of aryl methyl sites for hydroxylation is 1. The van der Waals surface area contributed by atoms with Gasteiger partial charge in [-0.1, -0.05) is 32.9 Å². The van der Waals surface area contributed by atoms with E-state index >= 15 is 4.39 Å². The molecule has 1 amide bonds. The second kappa shape index (κ2) is 11.6. The third kappa shape index (κ3) is 6.95. The minimum atomic E-state index is -0.502. The summed E-state index contributed by atoms with van der Waals surface area (Å²) in [7, 11) is 1.93. The predicted octanol–water partition coefficient (Wildman–Crippen LogP) is 4.91. The number of nitriles is 1. The van der Waals surface area contributed by atoms with E-state index in [0.29, 0.717) is 22.6 Å². The van der Waals surface area contributed by atoms with E-state index in [1.807, 2.05) is 37.7 Å². The van der Waals surface area contributed by atoms with Gasteiger partial charge in [0.25, 0.3) is 5.91 Å². The number of carbonyl (C=O) groups is 1. The van der Waals surface area contributed by atoms with E-state index in [4.69, 9.17) is 9.72 Å². The molecule has 7 nitrogen and oxygen atoms in total. The molecule has 2 aromatic carbocycles. The molecule has 0 bridgehead atoms. The first-order chi connectivity index (χ1) is 17.4. The van der Waals surface area contributed by atoms with Gasteiger partial charge in [-0.3, -0.25) is 4.79 Å². The van der Waals surface area contributed by atoms with Crippen molar-refractivity contribution < 1.29 is 19.0 Å². The summed E-state index contributed by atoms with van der Waals surface area (Å²) >= 11 is 0. The van der Waals surface area contributed by atoms with E-state index in [0.717, 1.165) is 5.82 Å². The number of halogens is 1. The Kier molecular flexibility index (Phi) is 8.72. The van der Waals surface area contributed by atoms with Gasteiger partial charge in [0.05, 0.1) is 17.4 Å². The maximum absolute atomic E-state index is 15.1. The van der Waals surface area contributed by atoms with Crippen LogP contribution in [-0.4, -0.2) is 39.3 Å². The van der Waals surface area contributed by atoms with Crippen LogP contribution < -0.4 is 10.1 Å². The van der Waals surface area contributed by atoms with Crippen molar-refractivity contribution in [3.63, 3.8) is 0 Å². The molecule has 0 saturated carbocycles. The molecule has 0 aliphatic rings. The van der Waals surface area contributed by atoms with Crippen molar-refractivity contribution in [3.8, 4) is 23.1 Å². The molecule has 0 fully saturated rings. The molecule has 3 rings (SSSR count). The Balaban J connectivity index is 1.77. The lowest BCUT2D eigenvalue weighted by Crippen LogP contribution is -2.37. The van der Waals surface area contributed by atoms with Crippen molar-refractivity contribution in [1.29, 1.82) is 5.26 Å². The van der Waals surface area contributed by atoms with E-state index in [2.05, 4.69) is 32.2 Å². The first-order valence-corrected chi connectivity index (χ1v) is 12.4. The summed E-state index contributed by atoms with van der Waals surface area (Å²) in [4.78, 5) is 17.6. The van der Waals surface area contributed by atoms with Crippen LogP contribution in [0.3, 0.4) is 0 Å². The smallest absolute Gasteiger partial charge is 0.251 e. The Labute approximate surface area is 217 Å². The Morgan fingerprint density at radius 1 is 1.24 bits per heavy atom. The quantitative estimate of drug-likeness (QED) is 0.430. The lowest BCUT2D eigenvalue weighted by atomic mass is 9.96. The standard InChI is InChI=1S/C29H35FN4O3/c1-18(2)37-26-10-9-21(13-22(26)16-31)27(36)32-23(11-12-35)14-19-7-8-20(15-24(19)30)25-17-34(6)28(33-25)29(3,4)5/h7-10,13,15,17-18,23,35H,11-12,14H2,1-6H3,(H,32,36). The van der Waals surface area contributed by atoms with Gasteiger partial charge in [-0.05, 0) is 56.5 Å². The Morgan fingerprint density at radius 2 is 1.97 bits per heavy atom. The van der Waals surface area contributed by atoms with Crippen molar-refractivity contribution in [2.75, 3.05) is 6.61 Å². The van der Waals surface area contributed by atoms with Crippen molar-refractivity contribution in [1.82, 2.24) is 14.9 Å². The highest BCUT2D eigenvalue weighted by Gasteiger charge is 2.22. The Morgan fingerprint density at radius 3 is 2.54 bits per heavy atom. The molecule has 0 saturated heterocycles. The largest absolute Gasteiger partial charge is 0.490 e. The number of ether oxygens (including phenoxy) is 1. The molecule has 1 heterocycles. The molecular weight excluding hydrogens is 471 g/mol. The zero-order valence-electron chi connectivity index (χ0n) is 22.3. The second-order valence-corrected chi connectivity index (χ2v) is 10.5. The number of nitrogens with zero attached hydrogens (tertiary/aromatic N) is 3. The first kappa shape index (κ1) is 27.9. The molecule has 1 unspecified atom stereocenters. The summed E-state index contributed by atoms with van der Waals surface area (Å²) in [5.41, 5.74) is 2.19. The molecule has 0 radical (unpaired) electrons. The number of benzene rings is 2. The number of aliphatic hydroxyl groups excluding tert-OH is 1. The predicted molar refractivity (Wildman–Crippen MR) is 141 cm³/mol. The van der Waals surface area contributed by atoms with Crippen LogP contribution in [0.2, 0.25) is 0 Å². The normalized spacial score (nSPS) is 12.3. The lowest BCUT2D eigenvalue weighted by Gasteiger charge is -2.19. The maximum atomic E-state index is 15.1. The fourth-order valence-electron chi connectivity index (χ4n) is 4.21. The van der Waals surface area contributed by atoms with Crippen molar-refractivity contribution >= 4 is 5.91 Å². The lowest BCUT2D eigenvalue weighted by molar-refractivity contribution is 0.0930. The molecule has 0 aliphatic heterocycles. The molecule has 1 aromatic heterocycles. The molecule has 0 spiro atoms. The molecule has 196 valence electrons. The summed E-state index contributed by atoms with van der Waals surface area (Å²) in [6.45, 7) is 9.77. The van der Waals surface area contributed by atoms with Gasteiger partial charge < -0.3 is 19.7 Å². The van der Waals surface area contributed by atoms with Crippen LogP contribution in [0.1, 0.15) is 68.3 Å². The number of aliphatic hydroxyl groups is 1. The highest BCUT2D eigenvalue weighted by atomic mass is 19.1. The van der Waals surface area contributed by atoms with Crippen LogP contribution in [0.25, 0.3) is 11.3 Å². The van der Waals surface area contributed by atoms with E-state index in [1.165, 1.54) is 12.1 Å². The van der Waals surface area contributed by atoms with E-state index in [1.54, 1.807) is 18.2 Å². The van der Waals surface area contributed by atoms with Crippen molar-refractivity contribution in [2.45, 2.75) is 65.0 Å². The number of amides is 1. The number of hydrogen-bond donors (Lipinski definition) is 2. The van der Waals surface area contributed by atoms with Gasteiger partial charge >= 0.3 is 0 Å². The minimum Gasteiger partial charge on any atom is -0.490 e. The third-order valence-electron chi connectivity index (χ3n) is 5.90. The van der Waals surface area contributed by atoms with Gasteiger partial charge in [-0.25, -0.2) is 9.37 Å². The van der Waals surface area contributed by atoms with Gasteiger partial charge in [0, 0.05) is 42.4 Å². The van der Waals surface area contributed by atoms with Gasteiger partial charge in [0.1, 0.15) is 23.5 Å². The SMILES string of the molecule is CC(C)Oc1ccc(C(=O)NC(CCO)Cc2ccc(-c3cn(C)c(C(C)(C)C)n3)cc2F)cc1C#N. The van der Waals surface area contributed by atoms with Crippen LogP contribution in [0.15, 0.2) is 42.6 Å². The molecule has 3 aromatic rings. The molecular formula is C29H35FN4O3. The number of nitrogens with one attached hydrogen (secondary N) is 1. The van der Waals surface area contributed by atoms with Crippen LogP contribution in [0, 0.1) is 17.1 Å². The Bertz CT molecular complexity index is 1300. The number of aromatic nitrogens is 2. The first-order valence-electron chi connectivity index (χ1n) is 12.4. The Hall–Kier alpha value is -3.70.